The summed E-state index contributed by atoms with van der Waals surface area (Å²) in [6, 6.07) is 14.6. The average Bonchev–Trinajstić information content (AvgIpc) is 3.11. The quantitative estimate of drug-likeness (QED) is 0.776. The number of alkyl halides is 2. The third-order valence-corrected chi connectivity index (χ3v) is 3.23. The van der Waals surface area contributed by atoms with E-state index in [2.05, 4.69) is 15.2 Å². The van der Waals surface area contributed by atoms with Crippen LogP contribution in [0.1, 0.15) is 10.4 Å². The van der Waals surface area contributed by atoms with Crippen LogP contribution in [-0.4, -0.2) is 22.3 Å². The standard InChI is InChI=1S/C17H13F2N3O2/c18-17(19)24-15-8-2-1-7-14(15)21-16(23)12-5-3-6-13(11-12)22-10-4-9-20-22/h1-11,17H,(H,21,23). The fourth-order valence-corrected chi connectivity index (χ4v) is 2.17. The van der Waals surface area contributed by atoms with E-state index in [0.29, 0.717) is 11.3 Å². The SMILES string of the molecule is O=C(Nc1ccccc1OC(F)F)c1cccc(-n2cccn2)c1. The molecular formula is C17H13F2N3O2. The first-order valence-electron chi connectivity index (χ1n) is 7.09. The molecule has 3 rings (SSSR count). The number of carbonyl (C=O) groups is 1. The molecule has 5 nitrogen and oxygen atoms in total. The average molecular weight is 329 g/mol. The number of anilines is 1. The first-order valence-corrected chi connectivity index (χ1v) is 7.09. The van der Waals surface area contributed by atoms with Gasteiger partial charge in [-0.2, -0.15) is 13.9 Å². The molecule has 0 aliphatic rings. The Kier molecular flexibility index (Phi) is 4.51. The number of aromatic nitrogens is 2. The van der Waals surface area contributed by atoms with Gasteiger partial charge in [0, 0.05) is 18.0 Å². The second kappa shape index (κ2) is 6.91. The zero-order chi connectivity index (χ0) is 16.9. The summed E-state index contributed by atoms with van der Waals surface area (Å²) >= 11 is 0. The molecule has 0 bridgehead atoms. The molecule has 2 aromatic carbocycles. The summed E-state index contributed by atoms with van der Waals surface area (Å²) in [4.78, 5) is 12.4. The van der Waals surface area contributed by atoms with Crippen molar-refractivity contribution in [2.75, 3.05) is 5.32 Å². The molecule has 0 saturated heterocycles. The van der Waals surface area contributed by atoms with E-state index in [0.717, 1.165) is 0 Å². The summed E-state index contributed by atoms with van der Waals surface area (Å²) < 4.78 is 30.9. The monoisotopic (exact) mass is 329 g/mol. The molecule has 24 heavy (non-hydrogen) atoms. The Morgan fingerprint density at radius 1 is 1.12 bits per heavy atom. The lowest BCUT2D eigenvalue weighted by Gasteiger charge is -2.12. The zero-order valence-corrected chi connectivity index (χ0v) is 12.4. The molecule has 1 aromatic heterocycles. The van der Waals surface area contributed by atoms with Gasteiger partial charge in [0.1, 0.15) is 5.75 Å². The molecular weight excluding hydrogens is 316 g/mol. The van der Waals surface area contributed by atoms with E-state index < -0.39 is 12.5 Å². The van der Waals surface area contributed by atoms with Crippen molar-refractivity contribution in [1.82, 2.24) is 9.78 Å². The fourth-order valence-electron chi connectivity index (χ4n) is 2.17. The minimum atomic E-state index is -2.97. The van der Waals surface area contributed by atoms with Gasteiger partial charge < -0.3 is 10.1 Å². The predicted molar refractivity (Wildman–Crippen MR) is 84.6 cm³/mol. The zero-order valence-electron chi connectivity index (χ0n) is 12.4. The molecule has 7 heteroatoms. The lowest BCUT2D eigenvalue weighted by Crippen LogP contribution is -2.14. The minimum Gasteiger partial charge on any atom is -0.433 e. The van der Waals surface area contributed by atoms with Crippen molar-refractivity contribution in [3.63, 3.8) is 0 Å². The Morgan fingerprint density at radius 2 is 1.96 bits per heavy atom. The number of hydrogen-bond acceptors (Lipinski definition) is 3. The first-order chi connectivity index (χ1) is 11.6. The second-order valence-electron chi connectivity index (χ2n) is 4.83. The molecule has 1 N–H and O–H groups in total. The fraction of sp³-hybridized carbons (Fsp3) is 0.0588. The van der Waals surface area contributed by atoms with Crippen LogP contribution in [0.5, 0.6) is 5.75 Å². The van der Waals surface area contributed by atoms with Crippen LogP contribution >= 0.6 is 0 Å². The Labute approximate surface area is 136 Å². The van der Waals surface area contributed by atoms with Crippen LogP contribution in [0.2, 0.25) is 0 Å². The molecule has 0 unspecified atom stereocenters. The van der Waals surface area contributed by atoms with E-state index in [4.69, 9.17) is 0 Å². The van der Waals surface area contributed by atoms with Crippen molar-refractivity contribution in [3.05, 3.63) is 72.6 Å². The Morgan fingerprint density at radius 3 is 2.71 bits per heavy atom. The van der Waals surface area contributed by atoms with Crippen molar-refractivity contribution in [2.45, 2.75) is 6.61 Å². The molecule has 0 aliphatic heterocycles. The molecule has 122 valence electrons. The van der Waals surface area contributed by atoms with Gasteiger partial charge >= 0.3 is 6.61 Å². The highest BCUT2D eigenvalue weighted by Crippen LogP contribution is 2.26. The van der Waals surface area contributed by atoms with E-state index in [9.17, 15) is 13.6 Å². The number of hydrogen-bond donors (Lipinski definition) is 1. The van der Waals surface area contributed by atoms with Crippen LogP contribution in [-0.2, 0) is 0 Å². The third kappa shape index (κ3) is 3.57. The summed E-state index contributed by atoms with van der Waals surface area (Å²) in [6.07, 6.45) is 3.38. The van der Waals surface area contributed by atoms with Crippen molar-refractivity contribution in [3.8, 4) is 11.4 Å². The normalized spacial score (nSPS) is 10.6. The van der Waals surface area contributed by atoms with Gasteiger partial charge in [-0.25, -0.2) is 4.68 Å². The largest absolute Gasteiger partial charge is 0.433 e. The Balaban J connectivity index is 1.82. The molecule has 0 aliphatic carbocycles. The van der Waals surface area contributed by atoms with E-state index >= 15 is 0 Å². The van der Waals surface area contributed by atoms with E-state index in [1.54, 1.807) is 59.5 Å². The second-order valence-corrected chi connectivity index (χ2v) is 4.83. The van der Waals surface area contributed by atoms with Crippen LogP contribution in [0.3, 0.4) is 0 Å². The molecule has 1 amide bonds. The van der Waals surface area contributed by atoms with Crippen LogP contribution in [0.25, 0.3) is 5.69 Å². The number of benzene rings is 2. The first kappa shape index (κ1) is 15.7. The van der Waals surface area contributed by atoms with Crippen molar-refractivity contribution in [1.29, 1.82) is 0 Å². The van der Waals surface area contributed by atoms with Gasteiger partial charge in [-0.05, 0) is 36.4 Å². The molecule has 0 fully saturated rings. The summed E-state index contributed by atoms with van der Waals surface area (Å²) in [7, 11) is 0. The van der Waals surface area contributed by atoms with E-state index in [1.807, 2.05) is 0 Å². The number of carbonyl (C=O) groups excluding carboxylic acids is 1. The van der Waals surface area contributed by atoms with Gasteiger partial charge in [0.15, 0.2) is 0 Å². The van der Waals surface area contributed by atoms with Gasteiger partial charge in [-0.3, -0.25) is 4.79 Å². The van der Waals surface area contributed by atoms with Gasteiger partial charge in [-0.1, -0.05) is 18.2 Å². The van der Waals surface area contributed by atoms with Crippen molar-refractivity contribution in [2.24, 2.45) is 0 Å². The molecule has 1 heterocycles. The van der Waals surface area contributed by atoms with Crippen LogP contribution in [0.15, 0.2) is 67.0 Å². The molecule has 0 radical (unpaired) electrons. The summed E-state index contributed by atoms with van der Waals surface area (Å²) in [5.41, 5.74) is 1.26. The van der Waals surface area contributed by atoms with Crippen molar-refractivity contribution < 1.29 is 18.3 Å². The molecule has 3 aromatic rings. The molecule has 0 saturated carbocycles. The van der Waals surface area contributed by atoms with E-state index in [1.165, 1.54) is 12.1 Å². The maximum Gasteiger partial charge on any atom is 0.387 e. The van der Waals surface area contributed by atoms with Gasteiger partial charge in [0.2, 0.25) is 0 Å². The number of halogens is 2. The highest BCUT2D eigenvalue weighted by atomic mass is 19.3. The van der Waals surface area contributed by atoms with E-state index in [-0.39, 0.29) is 11.4 Å². The lowest BCUT2D eigenvalue weighted by molar-refractivity contribution is -0.0493. The number of nitrogens with zero attached hydrogens (tertiary/aromatic N) is 2. The highest BCUT2D eigenvalue weighted by molar-refractivity contribution is 6.05. The van der Waals surface area contributed by atoms with Gasteiger partial charge in [0.25, 0.3) is 5.91 Å². The van der Waals surface area contributed by atoms with Crippen LogP contribution < -0.4 is 10.1 Å². The smallest absolute Gasteiger partial charge is 0.387 e. The summed E-state index contributed by atoms with van der Waals surface area (Å²) in [6.45, 7) is -2.97. The Bertz CT molecular complexity index is 835. The van der Waals surface area contributed by atoms with Crippen LogP contribution in [0.4, 0.5) is 14.5 Å². The Hall–Kier alpha value is -3.22. The maximum atomic E-state index is 12.4. The number of para-hydroxylation sites is 2. The number of ether oxygens (including phenoxy) is 1. The highest BCUT2D eigenvalue weighted by Gasteiger charge is 2.13. The predicted octanol–water partition coefficient (Wildman–Crippen LogP) is 3.73. The van der Waals surface area contributed by atoms with Gasteiger partial charge in [-0.15, -0.1) is 0 Å². The van der Waals surface area contributed by atoms with Crippen LogP contribution in [0, 0.1) is 0 Å². The third-order valence-electron chi connectivity index (χ3n) is 3.23. The maximum absolute atomic E-state index is 12.4. The lowest BCUT2D eigenvalue weighted by atomic mass is 10.2. The minimum absolute atomic E-state index is 0.0934. The summed E-state index contributed by atoms with van der Waals surface area (Å²) in [5, 5.41) is 6.68. The van der Waals surface area contributed by atoms with Crippen molar-refractivity contribution >= 4 is 11.6 Å². The molecule has 0 atom stereocenters. The molecule has 0 spiro atoms. The van der Waals surface area contributed by atoms with Gasteiger partial charge in [0.05, 0.1) is 11.4 Å². The topological polar surface area (TPSA) is 56.1 Å². The number of nitrogens with one attached hydrogen (secondary N) is 1. The number of rotatable bonds is 5. The number of amides is 1. The summed E-state index contributed by atoms with van der Waals surface area (Å²) in [5.74, 6) is -0.529.